The van der Waals surface area contributed by atoms with Crippen molar-refractivity contribution in [3.8, 4) is 11.4 Å². The van der Waals surface area contributed by atoms with Gasteiger partial charge in [-0.2, -0.15) is 9.71 Å². The number of sulfonamides is 1. The van der Waals surface area contributed by atoms with Crippen LogP contribution >= 0.6 is 0 Å². The van der Waals surface area contributed by atoms with Gasteiger partial charge in [-0.15, -0.1) is 0 Å². The zero-order valence-electron chi connectivity index (χ0n) is 16.0. The second-order valence-corrected chi connectivity index (χ2v) is 9.27. The van der Waals surface area contributed by atoms with Crippen molar-refractivity contribution in [3.63, 3.8) is 0 Å². The summed E-state index contributed by atoms with van der Waals surface area (Å²) in [6.07, 6.45) is 4.00. The van der Waals surface area contributed by atoms with E-state index < -0.39 is 16.1 Å². The fraction of sp³-hybridized carbons (Fsp3) is 0.526. The predicted octanol–water partition coefficient (Wildman–Crippen LogP) is 2.21. The summed E-state index contributed by atoms with van der Waals surface area (Å²) in [6, 6.07) is 4.20. The van der Waals surface area contributed by atoms with E-state index in [1.165, 1.54) is 6.07 Å². The Morgan fingerprint density at radius 1 is 1.29 bits per heavy atom. The van der Waals surface area contributed by atoms with Crippen LogP contribution in [0.2, 0.25) is 0 Å². The van der Waals surface area contributed by atoms with Crippen LogP contribution in [0.4, 0.5) is 0 Å². The van der Waals surface area contributed by atoms with Gasteiger partial charge in [0, 0.05) is 24.6 Å². The Morgan fingerprint density at radius 2 is 2.00 bits per heavy atom. The summed E-state index contributed by atoms with van der Waals surface area (Å²) in [6.45, 7) is 4.66. The van der Waals surface area contributed by atoms with E-state index in [2.05, 4.69) is 14.9 Å². The number of aromatic nitrogens is 2. The summed E-state index contributed by atoms with van der Waals surface area (Å²) in [5, 5.41) is 3.98. The molecule has 1 saturated heterocycles. The molecule has 0 bridgehead atoms. The highest BCUT2D eigenvalue weighted by Crippen LogP contribution is 2.39. The van der Waals surface area contributed by atoms with Crippen molar-refractivity contribution in [2.45, 2.75) is 56.4 Å². The second-order valence-electron chi connectivity index (χ2n) is 7.59. The van der Waals surface area contributed by atoms with Crippen LogP contribution in [0, 0.1) is 6.92 Å². The average molecular weight is 404 g/mol. The average Bonchev–Trinajstić information content (AvgIpc) is 3.16. The predicted molar refractivity (Wildman–Crippen MR) is 102 cm³/mol. The third-order valence-corrected chi connectivity index (χ3v) is 6.91. The number of likely N-dealkylation sites (tertiary alicyclic amines) is 1. The molecule has 1 aromatic carbocycles. The number of hydrogen-bond acceptors (Lipinski definition) is 6. The highest BCUT2D eigenvalue weighted by Gasteiger charge is 2.31. The zero-order valence-corrected chi connectivity index (χ0v) is 16.8. The van der Waals surface area contributed by atoms with Crippen molar-refractivity contribution in [3.05, 3.63) is 29.7 Å². The molecule has 2 fully saturated rings. The molecule has 1 atom stereocenters. The van der Waals surface area contributed by atoms with E-state index >= 15 is 0 Å². The maximum atomic E-state index is 12.9. The summed E-state index contributed by atoms with van der Waals surface area (Å²) >= 11 is 0. The van der Waals surface area contributed by atoms with Gasteiger partial charge in [-0.3, -0.25) is 4.79 Å². The monoisotopic (exact) mass is 404 g/mol. The summed E-state index contributed by atoms with van der Waals surface area (Å²) < 4.78 is 33.7. The largest absolute Gasteiger partial charge is 0.341 e. The Morgan fingerprint density at radius 3 is 2.68 bits per heavy atom. The summed E-state index contributed by atoms with van der Waals surface area (Å²) in [5.41, 5.74) is 1.16. The molecule has 1 saturated carbocycles. The Labute approximate surface area is 164 Å². The lowest BCUT2D eigenvalue weighted by molar-refractivity contribution is -0.131. The van der Waals surface area contributed by atoms with E-state index in [4.69, 9.17) is 4.52 Å². The van der Waals surface area contributed by atoms with Gasteiger partial charge in [0.25, 0.3) is 0 Å². The first kappa shape index (κ1) is 19.1. The number of rotatable bonds is 6. The van der Waals surface area contributed by atoms with Gasteiger partial charge in [-0.25, -0.2) is 8.42 Å². The molecule has 1 N–H and O–H groups in total. The van der Waals surface area contributed by atoms with Crippen LogP contribution in [-0.4, -0.2) is 48.5 Å². The highest BCUT2D eigenvalue weighted by atomic mass is 32.2. The minimum atomic E-state index is -3.88. The van der Waals surface area contributed by atoms with Gasteiger partial charge in [-0.05, 0) is 51.2 Å². The lowest BCUT2D eigenvalue weighted by atomic mass is 10.1. The zero-order chi connectivity index (χ0) is 19.9. The van der Waals surface area contributed by atoms with E-state index in [9.17, 15) is 13.2 Å². The Balaban J connectivity index is 1.56. The number of aryl methyl sites for hydroxylation is 1. The normalized spacial score (nSPS) is 18.4. The molecule has 2 aromatic rings. The fourth-order valence-electron chi connectivity index (χ4n) is 3.44. The first-order valence-corrected chi connectivity index (χ1v) is 11.1. The quantitative estimate of drug-likeness (QED) is 0.791. The number of nitrogens with one attached hydrogen (secondary N) is 1. The molecule has 1 aliphatic heterocycles. The van der Waals surface area contributed by atoms with Gasteiger partial charge >= 0.3 is 0 Å². The van der Waals surface area contributed by atoms with Crippen molar-refractivity contribution >= 4 is 15.9 Å². The van der Waals surface area contributed by atoms with Crippen LogP contribution in [0.3, 0.4) is 0 Å². The van der Waals surface area contributed by atoms with Crippen molar-refractivity contribution in [2.24, 2.45) is 0 Å². The highest BCUT2D eigenvalue weighted by molar-refractivity contribution is 7.89. The molecule has 150 valence electrons. The van der Waals surface area contributed by atoms with Crippen LogP contribution in [-0.2, 0) is 14.8 Å². The first-order valence-electron chi connectivity index (χ1n) is 9.61. The molecular formula is C19H24N4O4S. The lowest BCUT2D eigenvalue weighted by Gasteiger charge is -2.21. The Kier molecular flexibility index (Phi) is 4.96. The second kappa shape index (κ2) is 7.29. The minimum Gasteiger partial charge on any atom is -0.341 e. The van der Waals surface area contributed by atoms with Gasteiger partial charge < -0.3 is 9.42 Å². The molecule has 4 rings (SSSR count). The maximum Gasteiger partial charge on any atom is 0.241 e. The van der Waals surface area contributed by atoms with Crippen LogP contribution in [0.15, 0.2) is 27.6 Å². The molecule has 1 aliphatic carbocycles. The summed E-state index contributed by atoms with van der Waals surface area (Å²) in [4.78, 5) is 18.7. The standard InChI is InChI=1S/C19H24N4O4S/c1-12-5-6-15(17-20-18(27-21-17)14-7-8-14)11-16(12)28(25,26)22-13(2)19(24)23-9-3-4-10-23/h5-6,11,13-14,22H,3-4,7-10H2,1-2H3/t13-/m1/s1. The van der Waals surface area contributed by atoms with Crippen LogP contribution in [0.1, 0.15) is 50.0 Å². The van der Waals surface area contributed by atoms with Crippen molar-refractivity contribution in [1.82, 2.24) is 19.8 Å². The fourth-order valence-corrected chi connectivity index (χ4v) is 4.90. The molecule has 9 heteroatoms. The molecule has 0 radical (unpaired) electrons. The van der Waals surface area contributed by atoms with Gasteiger partial charge in [0.05, 0.1) is 10.9 Å². The SMILES string of the molecule is Cc1ccc(-c2noc(C3CC3)n2)cc1S(=O)(=O)N[C@H](C)C(=O)N1CCCC1. The molecule has 0 unspecified atom stereocenters. The summed E-state index contributed by atoms with van der Waals surface area (Å²) in [7, 11) is -3.88. The van der Waals surface area contributed by atoms with E-state index in [1.54, 1.807) is 30.9 Å². The molecule has 2 heterocycles. The van der Waals surface area contributed by atoms with E-state index in [0.29, 0.717) is 41.8 Å². The Bertz CT molecular complexity index is 991. The number of amides is 1. The lowest BCUT2D eigenvalue weighted by Crippen LogP contribution is -2.45. The van der Waals surface area contributed by atoms with Gasteiger partial charge in [0.2, 0.25) is 27.6 Å². The van der Waals surface area contributed by atoms with Gasteiger partial charge in [0.1, 0.15) is 0 Å². The molecule has 1 aromatic heterocycles. The third kappa shape index (κ3) is 3.81. The Hall–Kier alpha value is -2.26. The maximum absolute atomic E-state index is 12.9. The molecule has 2 aliphatic rings. The van der Waals surface area contributed by atoms with Crippen molar-refractivity contribution < 1.29 is 17.7 Å². The number of nitrogens with zero attached hydrogens (tertiary/aromatic N) is 3. The molecule has 28 heavy (non-hydrogen) atoms. The molecule has 0 spiro atoms. The van der Waals surface area contributed by atoms with E-state index in [1.807, 2.05) is 0 Å². The van der Waals surface area contributed by atoms with E-state index in [-0.39, 0.29) is 10.8 Å². The van der Waals surface area contributed by atoms with E-state index in [0.717, 1.165) is 25.7 Å². The van der Waals surface area contributed by atoms with Crippen molar-refractivity contribution in [2.75, 3.05) is 13.1 Å². The number of carbonyl (C=O) groups excluding carboxylic acids is 1. The number of hydrogen-bond donors (Lipinski definition) is 1. The molecular weight excluding hydrogens is 380 g/mol. The topological polar surface area (TPSA) is 105 Å². The third-order valence-electron chi connectivity index (χ3n) is 5.22. The molecule has 1 amide bonds. The first-order chi connectivity index (χ1) is 13.3. The number of carbonyl (C=O) groups is 1. The summed E-state index contributed by atoms with van der Waals surface area (Å²) in [5.74, 6) is 1.11. The molecule has 8 nitrogen and oxygen atoms in total. The van der Waals surface area contributed by atoms with Gasteiger partial charge in [-0.1, -0.05) is 17.3 Å². The number of benzene rings is 1. The van der Waals surface area contributed by atoms with Crippen molar-refractivity contribution in [1.29, 1.82) is 0 Å². The minimum absolute atomic E-state index is 0.115. The van der Waals surface area contributed by atoms with Crippen LogP contribution in [0.25, 0.3) is 11.4 Å². The van der Waals surface area contributed by atoms with Crippen LogP contribution in [0.5, 0.6) is 0 Å². The van der Waals surface area contributed by atoms with Gasteiger partial charge in [0.15, 0.2) is 0 Å². The van der Waals surface area contributed by atoms with Crippen LogP contribution < -0.4 is 4.72 Å². The smallest absolute Gasteiger partial charge is 0.241 e.